The molecule has 0 N–H and O–H groups in total. The van der Waals surface area contributed by atoms with Gasteiger partial charge in [0.15, 0.2) is 0 Å². The molecule has 0 aliphatic carbocycles. The lowest BCUT2D eigenvalue weighted by molar-refractivity contribution is -0.135. The number of hydrogen-bond acceptors (Lipinski definition) is 2. The average molecular weight is 402 g/mol. The summed E-state index contributed by atoms with van der Waals surface area (Å²) in [5.41, 5.74) is 6.60. The van der Waals surface area contributed by atoms with E-state index < -0.39 is 0 Å². The van der Waals surface area contributed by atoms with E-state index in [1.807, 2.05) is 102 Å². The highest BCUT2D eigenvalue weighted by Crippen LogP contribution is 2.40. The Labute approximate surface area is 180 Å². The van der Waals surface area contributed by atoms with Crippen molar-refractivity contribution in [2.45, 2.75) is 41.5 Å². The fraction of sp³-hybridized carbons (Fsp3) is 0.259. The Morgan fingerprint density at radius 1 is 0.700 bits per heavy atom. The van der Waals surface area contributed by atoms with Gasteiger partial charge in [-0.05, 0) is 61.1 Å². The number of nitrogens with zero attached hydrogens (tertiary/aromatic N) is 1. The fourth-order valence-corrected chi connectivity index (χ4v) is 3.76. The molecule has 0 saturated heterocycles. The first-order valence-corrected chi connectivity index (χ1v) is 10.4. The maximum atomic E-state index is 13.1. The quantitative estimate of drug-likeness (QED) is 0.578. The minimum Gasteiger partial charge on any atom is -0.277 e. The van der Waals surface area contributed by atoms with Crippen molar-refractivity contribution < 1.29 is 9.59 Å². The summed E-state index contributed by atoms with van der Waals surface area (Å²) in [6.45, 7) is 11.8. The monoisotopic (exact) mass is 401 g/mol. The summed E-state index contributed by atoms with van der Waals surface area (Å²) in [5, 5.41) is 0. The predicted octanol–water partition coefficient (Wildman–Crippen LogP) is 6.13. The van der Waals surface area contributed by atoms with Crippen LogP contribution in [0.15, 0.2) is 71.8 Å². The molecule has 0 unspecified atom stereocenters. The summed E-state index contributed by atoms with van der Waals surface area (Å²) in [6.07, 6.45) is 3.85. The number of rotatable bonds is 4. The Morgan fingerprint density at radius 3 is 1.33 bits per heavy atom. The van der Waals surface area contributed by atoms with Crippen LogP contribution in [-0.2, 0) is 9.59 Å². The highest BCUT2D eigenvalue weighted by molar-refractivity contribution is 6.31. The van der Waals surface area contributed by atoms with E-state index in [-0.39, 0.29) is 11.8 Å². The van der Waals surface area contributed by atoms with Crippen molar-refractivity contribution in [3.05, 3.63) is 94.1 Å². The van der Waals surface area contributed by atoms with Crippen LogP contribution >= 0.6 is 0 Å². The normalized spacial score (nSPS) is 14.8. The molecule has 3 rings (SSSR count). The molecular formula is C27H31NO2. The number of carbonyl (C=O) groups is 2. The van der Waals surface area contributed by atoms with Gasteiger partial charge in [-0.15, -0.1) is 0 Å². The van der Waals surface area contributed by atoms with E-state index in [2.05, 4.69) is 0 Å². The van der Waals surface area contributed by atoms with Crippen molar-refractivity contribution in [2.24, 2.45) is 0 Å². The van der Waals surface area contributed by atoms with Crippen LogP contribution in [0.25, 0.3) is 11.1 Å². The molecular weight excluding hydrogens is 370 g/mol. The van der Waals surface area contributed by atoms with Crippen molar-refractivity contribution in [2.75, 3.05) is 7.05 Å². The number of aryl methyl sites for hydroxylation is 2. The van der Waals surface area contributed by atoms with Crippen molar-refractivity contribution in [1.29, 1.82) is 0 Å². The lowest BCUT2D eigenvalue weighted by Crippen LogP contribution is -2.27. The summed E-state index contributed by atoms with van der Waals surface area (Å²) in [6, 6.07) is 15.9. The summed E-state index contributed by atoms with van der Waals surface area (Å²) in [4.78, 5) is 27.5. The second kappa shape index (κ2) is 10.0. The molecule has 0 spiro atoms. The number of benzene rings is 2. The van der Waals surface area contributed by atoms with E-state index in [1.54, 1.807) is 7.05 Å². The minimum atomic E-state index is -0.260. The Morgan fingerprint density at radius 2 is 1.03 bits per heavy atom. The maximum absolute atomic E-state index is 13.1. The Balaban J connectivity index is 0.00000155. The van der Waals surface area contributed by atoms with Gasteiger partial charge in [0.2, 0.25) is 0 Å². The van der Waals surface area contributed by atoms with Gasteiger partial charge >= 0.3 is 0 Å². The highest BCUT2D eigenvalue weighted by Gasteiger charge is 2.39. The van der Waals surface area contributed by atoms with Gasteiger partial charge in [0.05, 0.1) is 11.1 Å². The number of amides is 2. The summed E-state index contributed by atoms with van der Waals surface area (Å²) >= 11 is 0. The molecule has 30 heavy (non-hydrogen) atoms. The van der Waals surface area contributed by atoms with Crippen molar-refractivity contribution >= 4 is 23.0 Å². The maximum Gasteiger partial charge on any atom is 0.261 e. The van der Waals surface area contributed by atoms with E-state index in [9.17, 15) is 9.59 Å². The molecule has 0 saturated carbocycles. The third-order valence-corrected chi connectivity index (χ3v) is 5.27. The van der Waals surface area contributed by atoms with Crippen molar-refractivity contribution in [3.8, 4) is 0 Å². The molecule has 1 aliphatic rings. The third kappa shape index (κ3) is 4.06. The zero-order valence-corrected chi connectivity index (χ0v) is 19.0. The van der Waals surface area contributed by atoms with Gasteiger partial charge in [-0.1, -0.05) is 74.5 Å². The van der Waals surface area contributed by atoms with Gasteiger partial charge in [0.1, 0.15) is 0 Å². The van der Waals surface area contributed by atoms with Gasteiger partial charge in [-0.3, -0.25) is 14.5 Å². The molecule has 3 heteroatoms. The molecule has 3 nitrogen and oxygen atoms in total. The highest BCUT2D eigenvalue weighted by atomic mass is 16.2. The van der Waals surface area contributed by atoms with E-state index in [4.69, 9.17) is 0 Å². The third-order valence-electron chi connectivity index (χ3n) is 5.27. The molecule has 0 fully saturated rings. The van der Waals surface area contributed by atoms with E-state index >= 15 is 0 Å². The Hall–Kier alpha value is -3.20. The summed E-state index contributed by atoms with van der Waals surface area (Å²) < 4.78 is 0. The van der Waals surface area contributed by atoms with Gasteiger partial charge in [0.25, 0.3) is 11.8 Å². The van der Waals surface area contributed by atoms with Crippen LogP contribution in [0, 0.1) is 13.8 Å². The van der Waals surface area contributed by atoms with Crippen LogP contribution in [-0.4, -0.2) is 23.8 Å². The lowest BCUT2D eigenvalue weighted by Gasteiger charge is -2.15. The standard InChI is InChI=1S/C25H25NO2.C2H6/c1-6-18(20-14-10-8-12-16(20)3)22-23(25(28)26(5)24(22)27)19(7-2)21-15-11-9-13-17(21)4;1-2/h6-15H,1-5H3;1-2H3/b18-6+,19-7+;. The first kappa shape index (κ1) is 23.1. The van der Waals surface area contributed by atoms with Crippen LogP contribution in [0.1, 0.15) is 49.9 Å². The molecule has 1 heterocycles. The predicted molar refractivity (Wildman–Crippen MR) is 126 cm³/mol. The van der Waals surface area contributed by atoms with Crippen LogP contribution in [0.5, 0.6) is 0 Å². The van der Waals surface area contributed by atoms with E-state index in [1.165, 1.54) is 4.90 Å². The van der Waals surface area contributed by atoms with Gasteiger partial charge in [0, 0.05) is 7.05 Å². The number of hydrogen-bond donors (Lipinski definition) is 0. The van der Waals surface area contributed by atoms with Crippen LogP contribution < -0.4 is 0 Å². The topological polar surface area (TPSA) is 37.4 Å². The molecule has 2 amide bonds. The Kier molecular flexibility index (Phi) is 7.71. The molecule has 156 valence electrons. The van der Waals surface area contributed by atoms with E-state index in [0.29, 0.717) is 11.1 Å². The summed E-state index contributed by atoms with van der Waals surface area (Å²) in [7, 11) is 1.55. The first-order valence-electron chi connectivity index (χ1n) is 10.4. The van der Waals surface area contributed by atoms with Gasteiger partial charge in [-0.2, -0.15) is 0 Å². The number of carbonyl (C=O) groups excluding carboxylic acids is 2. The molecule has 1 aliphatic heterocycles. The Bertz CT molecular complexity index is 971. The molecule has 0 radical (unpaired) electrons. The lowest BCUT2D eigenvalue weighted by atomic mass is 9.86. The van der Waals surface area contributed by atoms with Crippen LogP contribution in [0.2, 0.25) is 0 Å². The van der Waals surface area contributed by atoms with Crippen LogP contribution in [0.3, 0.4) is 0 Å². The van der Waals surface area contributed by atoms with Crippen molar-refractivity contribution in [3.63, 3.8) is 0 Å². The molecule has 0 atom stereocenters. The number of likely N-dealkylation sites (N-methyl/N-ethyl adjacent to an activating group) is 1. The number of imide groups is 1. The molecule has 2 aromatic carbocycles. The molecule has 0 aromatic heterocycles. The SMILES string of the molecule is C/C=C(C1=C(/C(=C/C)c2ccccc2C)C(=O)N(C)C1=O)\c1ccccc1C.CC. The molecule has 0 bridgehead atoms. The van der Waals surface area contributed by atoms with Crippen LogP contribution in [0.4, 0.5) is 0 Å². The zero-order valence-electron chi connectivity index (χ0n) is 19.0. The molecule has 2 aromatic rings. The second-order valence-electron chi connectivity index (χ2n) is 6.95. The largest absolute Gasteiger partial charge is 0.277 e. The van der Waals surface area contributed by atoms with Gasteiger partial charge in [-0.25, -0.2) is 0 Å². The average Bonchev–Trinajstić information content (AvgIpc) is 2.98. The van der Waals surface area contributed by atoms with E-state index in [0.717, 1.165) is 33.4 Å². The van der Waals surface area contributed by atoms with Crippen molar-refractivity contribution in [1.82, 2.24) is 4.90 Å². The number of allylic oxidation sites excluding steroid dienone is 2. The first-order chi connectivity index (χ1) is 14.4. The second-order valence-corrected chi connectivity index (χ2v) is 6.95. The minimum absolute atomic E-state index is 0.260. The zero-order chi connectivity index (χ0) is 22.4. The van der Waals surface area contributed by atoms with Gasteiger partial charge < -0.3 is 0 Å². The fourth-order valence-electron chi connectivity index (χ4n) is 3.76. The smallest absolute Gasteiger partial charge is 0.261 e. The summed E-state index contributed by atoms with van der Waals surface area (Å²) in [5.74, 6) is -0.520.